The molecule has 2 aromatic carbocycles. The molecule has 0 spiro atoms. The number of hydrogen-bond acceptors (Lipinski definition) is 4. The van der Waals surface area contributed by atoms with E-state index in [1.165, 1.54) is 0 Å². The van der Waals surface area contributed by atoms with E-state index in [2.05, 4.69) is 12.1 Å². The highest BCUT2D eigenvalue weighted by Gasteiger charge is 2.31. The van der Waals surface area contributed by atoms with Gasteiger partial charge in [-0.15, -0.1) is 11.8 Å². The van der Waals surface area contributed by atoms with Crippen LogP contribution in [0.15, 0.2) is 59.5 Å². The number of anilines is 1. The Hall–Kier alpha value is -2.31. The van der Waals surface area contributed by atoms with E-state index in [-0.39, 0.29) is 23.6 Å². The molecule has 2 aliphatic heterocycles. The molecule has 0 aromatic heterocycles. The molecule has 27 heavy (non-hydrogen) atoms. The molecule has 6 heteroatoms. The number of thioether (sulfide) groups is 1. The second-order valence-electron chi connectivity index (χ2n) is 6.66. The Bertz CT molecular complexity index is 821. The van der Waals surface area contributed by atoms with Gasteiger partial charge in [-0.25, -0.2) is 0 Å². The summed E-state index contributed by atoms with van der Waals surface area (Å²) in [5, 5.41) is 0.0448. The van der Waals surface area contributed by atoms with Crippen LogP contribution in [-0.4, -0.2) is 49.6 Å². The van der Waals surface area contributed by atoms with Crippen LogP contribution in [0.2, 0.25) is 0 Å². The van der Waals surface area contributed by atoms with Gasteiger partial charge in [0.2, 0.25) is 11.8 Å². The highest BCUT2D eigenvalue weighted by Crippen LogP contribution is 2.45. The Morgan fingerprint density at radius 2 is 1.74 bits per heavy atom. The fourth-order valence-corrected chi connectivity index (χ4v) is 4.73. The molecule has 0 aliphatic carbocycles. The van der Waals surface area contributed by atoms with Crippen LogP contribution >= 0.6 is 11.8 Å². The molecule has 0 radical (unpaired) electrons. The van der Waals surface area contributed by atoms with Crippen molar-refractivity contribution >= 4 is 29.3 Å². The molecule has 2 amide bonds. The zero-order valence-corrected chi connectivity index (χ0v) is 15.9. The van der Waals surface area contributed by atoms with E-state index >= 15 is 0 Å². The van der Waals surface area contributed by atoms with Gasteiger partial charge in [0.25, 0.3) is 0 Å². The number of hydrogen-bond donors (Lipinski definition) is 0. The lowest BCUT2D eigenvalue weighted by Crippen LogP contribution is -2.47. The normalized spacial score (nSPS) is 20.1. The van der Waals surface area contributed by atoms with Crippen molar-refractivity contribution in [1.82, 2.24) is 4.90 Å². The monoisotopic (exact) mass is 382 g/mol. The van der Waals surface area contributed by atoms with Gasteiger partial charge < -0.3 is 14.5 Å². The molecular weight excluding hydrogens is 360 g/mol. The molecule has 5 nitrogen and oxygen atoms in total. The van der Waals surface area contributed by atoms with Gasteiger partial charge in [0.15, 0.2) is 0 Å². The summed E-state index contributed by atoms with van der Waals surface area (Å²) in [6.45, 7) is 2.37. The Labute approximate surface area is 163 Å². The quantitative estimate of drug-likeness (QED) is 0.818. The first-order valence-corrected chi connectivity index (χ1v) is 10.1. The molecule has 4 rings (SSSR count). The molecular formula is C21H22N2O3S. The van der Waals surface area contributed by atoms with Gasteiger partial charge in [-0.1, -0.05) is 42.5 Å². The third-order valence-electron chi connectivity index (χ3n) is 4.91. The number of ether oxygens (including phenoxy) is 1. The second-order valence-corrected chi connectivity index (χ2v) is 7.91. The summed E-state index contributed by atoms with van der Waals surface area (Å²) in [4.78, 5) is 30.3. The molecule has 1 saturated heterocycles. The molecule has 2 aromatic rings. The summed E-state index contributed by atoms with van der Waals surface area (Å²) < 4.78 is 5.32. The number of carbonyl (C=O) groups excluding carboxylic acids is 2. The van der Waals surface area contributed by atoms with Crippen molar-refractivity contribution in [1.29, 1.82) is 0 Å². The van der Waals surface area contributed by atoms with Crippen molar-refractivity contribution in [2.45, 2.75) is 16.6 Å². The highest BCUT2D eigenvalue weighted by atomic mass is 32.2. The number of benzene rings is 2. The van der Waals surface area contributed by atoms with Crippen LogP contribution in [0.1, 0.15) is 17.2 Å². The summed E-state index contributed by atoms with van der Waals surface area (Å²) in [5.74, 6) is -0.0347. The van der Waals surface area contributed by atoms with E-state index in [1.54, 1.807) is 21.6 Å². The first-order chi connectivity index (χ1) is 13.2. The summed E-state index contributed by atoms with van der Waals surface area (Å²) >= 11 is 1.69. The van der Waals surface area contributed by atoms with Gasteiger partial charge in [0, 0.05) is 29.7 Å². The van der Waals surface area contributed by atoms with Gasteiger partial charge in [-0.05, 0) is 17.7 Å². The van der Waals surface area contributed by atoms with Crippen LogP contribution in [0.5, 0.6) is 0 Å². The topological polar surface area (TPSA) is 49.9 Å². The maximum atomic E-state index is 13.1. The number of para-hydroxylation sites is 1. The van der Waals surface area contributed by atoms with Crippen LogP contribution in [-0.2, 0) is 14.3 Å². The van der Waals surface area contributed by atoms with E-state index in [0.29, 0.717) is 32.7 Å². The van der Waals surface area contributed by atoms with E-state index in [9.17, 15) is 9.59 Å². The fraction of sp³-hybridized carbons (Fsp3) is 0.333. The maximum absolute atomic E-state index is 13.1. The van der Waals surface area contributed by atoms with Crippen molar-refractivity contribution in [2.24, 2.45) is 0 Å². The van der Waals surface area contributed by atoms with Crippen LogP contribution < -0.4 is 4.90 Å². The van der Waals surface area contributed by atoms with Gasteiger partial charge in [0.1, 0.15) is 6.54 Å². The predicted octanol–water partition coefficient (Wildman–Crippen LogP) is 3.12. The number of amides is 2. The molecule has 140 valence electrons. The number of fused-ring (bicyclic) bond motifs is 1. The number of rotatable bonds is 3. The smallest absolute Gasteiger partial charge is 0.242 e. The zero-order chi connectivity index (χ0) is 18.6. The van der Waals surface area contributed by atoms with Gasteiger partial charge in [0.05, 0.1) is 18.9 Å². The summed E-state index contributed by atoms with van der Waals surface area (Å²) in [5.41, 5.74) is 1.96. The summed E-state index contributed by atoms with van der Waals surface area (Å²) in [7, 11) is 0. The first-order valence-electron chi connectivity index (χ1n) is 9.19. The van der Waals surface area contributed by atoms with E-state index in [1.807, 2.05) is 42.5 Å². The first kappa shape index (κ1) is 18.1. The van der Waals surface area contributed by atoms with E-state index in [4.69, 9.17) is 4.74 Å². The molecule has 1 fully saturated rings. The molecule has 1 unspecified atom stereocenters. The summed E-state index contributed by atoms with van der Waals surface area (Å²) in [6.07, 6.45) is 0.375. The Balaban J connectivity index is 1.60. The third-order valence-corrected chi connectivity index (χ3v) is 6.24. The van der Waals surface area contributed by atoms with E-state index < -0.39 is 0 Å². The molecule has 2 aliphatic rings. The highest BCUT2D eigenvalue weighted by molar-refractivity contribution is 7.99. The van der Waals surface area contributed by atoms with Crippen LogP contribution in [0.3, 0.4) is 0 Å². The van der Waals surface area contributed by atoms with Crippen molar-refractivity contribution in [3.05, 3.63) is 60.2 Å². The molecule has 0 saturated carbocycles. The van der Waals surface area contributed by atoms with E-state index in [0.717, 1.165) is 16.1 Å². The minimum absolute atomic E-state index is 0.0112. The molecule has 2 heterocycles. The SMILES string of the molecule is O=C(CN1C(=O)CC(c2ccccc2)Sc2ccccc21)N1CCOCC1. The fourth-order valence-electron chi connectivity index (χ4n) is 3.45. The Kier molecular flexibility index (Phi) is 5.45. The minimum atomic E-state index is -0.0235. The van der Waals surface area contributed by atoms with Crippen LogP contribution in [0.25, 0.3) is 0 Å². The van der Waals surface area contributed by atoms with Crippen molar-refractivity contribution in [3.8, 4) is 0 Å². The second kappa shape index (κ2) is 8.15. The average Bonchev–Trinajstić information content (AvgIpc) is 2.86. The molecule has 0 N–H and O–H groups in total. The standard InChI is InChI=1S/C21H22N2O3S/c24-20-14-19(16-6-2-1-3-7-16)27-18-9-5-4-8-17(18)23(20)15-21(25)22-10-12-26-13-11-22/h1-9,19H,10-15H2. The van der Waals surface area contributed by atoms with Gasteiger partial charge in [-0.3, -0.25) is 9.59 Å². The average molecular weight is 382 g/mol. The summed E-state index contributed by atoms with van der Waals surface area (Å²) in [6, 6.07) is 17.9. The maximum Gasteiger partial charge on any atom is 0.242 e. The Morgan fingerprint density at radius 3 is 2.52 bits per heavy atom. The van der Waals surface area contributed by atoms with Crippen molar-refractivity contribution in [2.75, 3.05) is 37.7 Å². The zero-order valence-electron chi connectivity index (χ0n) is 15.0. The van der Waals surface area contributed by atoms with Crippen LogP contribution in [0, 0.1) is 0 Å². The lowest BCUT2D eigenvalue weighted by atomic mass is 10.1. The molecule has 0 bridgehead atoms. The number of morpholine rings is 1. The third kappa shape index (κ3) is 4.01. The number of nitrogens with zero attached hydrogens (tertiary/aromatic N) is 2. The lowest BCUT2D eigenvalue weighted by Gasteiger charge is -2.30. The van der Waals surface area contributed by atoms with Gasteiger partial charge in [-0.2, -0.15) is 0 Å². The predicted molar refractivity (Wildman–Crippen MR) is 106 cm³/mol. The van der Waals surface area contributed by atoms with Crippen molar-refractivity contribution < 1.29 is 14.3 Å². The minimum Gasteiger partial charge on any atom is -0.378 e. The molecule has 1 atom stereocenters. The van der Waals surface area contributed by atoms with Gasteiger partial charge >= 0.3 is 0 Å². The van der Waals surface area contributed by atoms with Crippen LogP contribution in [0.4, 0.5) is 5.69 Å². The Morgan fingerprint density at radius 1 is 1.04 bits per heavy atom. The van der Waals surface area contributed by atoms with Crippen molar-refractivity contribution in [3.63, 3.8) is 0 Å². The largest absolute Gasteiger partial charge is 0.378 e. The lowest BCUT2D eigenvalue weighted by molar-refractivity contribution is -0.135. The number of carbonyl (C=O) groups is 2.